The largest absolute Gasteiger partial charge is 0.381 e. The standard InChI is InChI=1S/C15H18FN3OS.ClH/c16-12-3-1-2-11(8-12)15(4-6-20-7-5-15)19-10-13-9-18-14(17)21-13;/h1-3,8-9,19H,4-7,10H2,(H2,17,18);1H. The monoisotopic (exact) mass is 343 g/mol. The maximum Gasteiger partial charge on any atom is 0.180 e. The average molecular weight is 344 g/mol. The molecule has 1 fully saturated rings. The molecule has 1 aliphatic heterocycles. The molecule has 1 aliphatic rings. The van der Waals surface area contributed by atoms with Gasteiger partial charge < -0.3 is 15.8 Å². The van der Waals surface area contributed by atoms with Gasteiger partial charge in [0.1, 0.15) is 5.82 Å². The number of nitrogens with two attached hydrogens (primary N) is 1. The van der Waals surface area contributed by atoms with Gasteiger partial charge in [-0.3, -0.25) is 0 Å². The zero-order valence-corrected chi connectivity index (χ0v) is 13.7. The van der Waals surface area contributed by atoms with Crippen molar-refractivity contribution in [3.8, 4) is 0 Å². The molecular formula is C15H19ClFN3OS. The first-order chi connectivity index (χ1) is 10.2. The van der Waals surface area contributed by atoms with Gasteiger partial charge in [0.2, 0.25) is 0 Å². The number of thiazole rings is 1. The van der Waals surface area contributed by atoms with E-state index in [1.54, 1.807) is 18.3 Å². The van der Waals surface area contributed by atoms with E-state index in [0.29, 0.717) is 24.9 Å². The molecule has 120 valence electrons. The van der Waals surface area contributed by atoms with Crippen LogP contribution in [0.2, 0.25) is 0 Å². The van der Waals surface area contributed by atoms with E-state index in [0.717, 1.165) is 23.3 Å². The van der Waals surface area contributed by atoms with Crippen LogP contribution in [0.5, 0.6) is 0 Å². The Kier molecular flexibility index (Phi) is 5.74. The Labute approximate surface area is 139 Å². The van der Waals surface area contributed by atoms with Crippen LogP contribution in [0.3, 0.4) is 0 Å². The van der Waals surface area contributed by atoms with E-state index in [1.807, 2.05) is 6.07 Å². The Hall–Kier alpha value is -1.21. The third kappa shape index (κ3) is 3.76. The quantitative estimate of drug-likeness (QED) is 0.895. The fraction of sp³-hybridized carbons (Fsp3) is 0.400. The van der Waals surface area contributed by atoms with Crippen molar-refractivity contribution >= 4 is 28.9 Å². The number of nitrogens with one attached hydrogen (secondary N) is 1. The summed E-state index contributed by atoms with van der Waals surface area (Å²) in [7, 11) is 0. The summed E-state index contributed by atoms with van der Waals surface area (Å²) < 4.78 is 19.0. The molecule has 2 heterocycles. The number of anilines is 1. The fourth-order valence-electron chi connectivity index (χ4n) is 2.73. The number of hydrogen-bond acceptors (Lipinski definition) is 5. The number of ether oxygens (including phenoxy) is 1. The SMILES string of the molecule is Cl.Nc1ncc(CNC2(c3cccc(F)c3)CCOCC2)s1. The number of rotatable bonds is 4. The summed E-state index contributed by atoms with van der Waals surface area (Å²) >= 11 is 1.47. The van der Waals surface area contributed by atoms with Gasteiger partial charge in [-0.1, -0.05) is 12.1 Å². The fourth-order valence-corrected chi connectivity index (χ4v) is 3.36. The highest BCUT2D eigenvalue weighted by molar-refractivity contribution is 7.15. The summed E-state index contributed by atoms with van der Waals surface area (Å²) in [5, 5.41) is 4.14. The molecule has 0 amide bonds. The predicted octanol–water partition coefficient (Wildman–Crippen LogP) is 3.08. The van der Waals surface area contributed by atoms with Gasteiger partial charge in [-0.05, 0) is 30.5 Å². The number of nitrogen functional groups attached to an aromatic ring is 1. The molecule has 4 nitrogen and oxygen atoms in total. The molecule has 1 saturated heterocycles. The Morgan fingerprint density at radius 2 is 2.14 bits per heavy atom. The van der Waals surface area contributed by atoms with E-state index in [1.165, 1.54) is 17.4 Å². The van der Waals surface area contributed by atoms with Crippen LogP contribution in [0.25, 0.3) is 0 Å². The molecule has 0 aliphatic carbocycles. The molecule has 3 rings (SSSR count). The predicted molar refractivity (Wildman–Crippen MR) is 88.7 cm³/mol. The summed E-state index contributed by atoms with van der Waals surface area (Å²) in [5.41, 5.74) is 6.39. The number of nitrogens with zero attached hydrogens (tertiary/aromatic N) is 1. The zero-order valence-electron chi connectivity index (χ0n) is 12.0. The van der Waals surface area contributed by atoms with Crippen molar-refractivity contribution in [3.63, 3.8) is 0 Å². The first kappa shape index (κ1) is 17.1. The Balaban J connectivity index is 0.00000176. The van der Waals surface area contributed by atoms with E-state index >= 15 is 0 Å². The highest BCUT2D eigenvalue weighted by Gasteiger charge is 2.34. The third-order valence-electron chi connectivity index (χ3n) is 3.90. The van der Waals surface area contributed by atoms with Crippen LogP contribution >= 0.6 is 23.7 Å². The smallest absolute Gasteiger partial charge is 0.180 e. The molecule has 22 heavy (non-hydrogen) atoms. The van der Waals surface area contributed by atoms with Crippen LogP contribution in [-0.4, -0.2) is 18.2 Å². The molecular weight excluding hydrogens is 325 g/mol. The van der Waals surface area contributed by atoms with E-state index < -0.39 is 0 Å². The van der Waals surface area contributed by atoms with Gasteiger partial charge >= 0.3 is 0 Å². The van der Waals surface area contributed by atoms with Crippen molar-refractivity contribution in [2.75, 3.05) is 18.9 Å². The summed E-state index contributed by atoms with van der Waals surface area (Å²) in [6.45, 7) is 2.02. The van der Waals surface area contributed by atoms with Crippen molar-refractivity contribution in [3.05, 3.63) is 46.7 Å². The third-order valence-corrected chi connectivity index (χ3v) is 4.72. The molecule has 0 saturated carbocycles. The summed E-state index contributed by atoms with van der Waals surface area (Å²) in [5.74, 6) is -0.206. The van der Waals surface area contributed by atoms with Gasteiger partial charge in [-0.2, -0.15) is 0 Å². The lowest BCUT2D eigenvalue weighted by atomic mass is 9.82. The van der Waals surface area contributed by atoms with Gasteiger partial charge in [0.25, 0.3) is 0 Å². The lowest BCUT2D eigenvalue weighted by Crippen LogP contribution is -2.46. The average Bonchev–Trinajstić information content (AvgIpc) is 2.92. The van der Waals surface area contributed by atoms with E-state index in [2.05, 4.69) is 10.3 Å². The number of benzene rings is 1. The minimum Gasteiger partial charge on any atom is -0.381 e. The van der Waals surface area contributed by atoms with E-state index in [4.69, 9.17) is 10.5 Å². The number of aromatic nitrogens is 1. The molecule has 1 aromatic heterocycles. The van der Waals surface area contributed by atoms with Crippen LogP contribution in [-0.2, 0) is 16.8 Å². The minimum atomic E-state index is -0.251. The number of halogens is 2. The van der Waals surface area contributed by atoms with Gasteiger partial charge in [-0.15, -0.1) is 23.7 Å². The minimum absolute atomic E-state index is 0. The second kappa shape index (κ2) is 7.37. The van der Waals surface area contributed by atoms with E-state index in [-0.39, 0.29) is 23.8 Å². The summed E-state index contributed by atoms with van der Waals surface area (Å²) in [6.07, 6.45) is 3.43. The van der Waals surface area contributed by atoms with Crippen LogP contribution < -0.4 is 11.1 Å². The Bertz CT molecular complexity index is 616. The van der Waals surface area contributed by atoms with E-state index in [9.17, 15) is 4.39 Å². The second-order valence-electron chi connectivity index (χ2n) is 5.22. The summed E-state index contributed by atoms with van der Waals surface area (Å²) in [6, 6.07) is 6.82. The van der Waals surface area contributed by atoms with Crippen LogP contribution in [0, 0.1) is 5.82 Å². The van der Waals surface area contributed by atoms with Crippen molar-refractivity contribution < 1.29 is 9.13 Å². The Morgan fingerprint density at radius 1 is 1.36 bits per heavy atom. The van der Waals surface area contributed by atoms with Gasteiger partial charge in [-0.25, -0.2) is 9.37 Å². The van der Waals surface area contributed by atoms with Crippen molar-refractivity contribution in [2.45, 2.75) is 24.9 Å². The molecule has 3 N–H and O–H groups in total. The van der Waals surface area contributed by atoms with Gasteiger partial charge in [0, 0.05) is 36.4 Å². The lowest BCUT2D eigenvalue weighted by Gasteiger charge is -2.38. The molecule has 1 aromatic carbocycles. The van der Waals surface area contributed by atoms with Crippen LogP contribution in [0.1, 0.15) is 23.3 Å². The first-order valence-corrected chi connectivity index (χ1v) is 7.79. The topological polar surface area (TPSA) is 60.2 Å². The summed E-state index contributed by atoms with van der Waals surface area (Å²) in [4.78, 5) is 5.14. The van der Waals surface area contributed by atoms with Crippen LogP contribution in [0.15, 0.2) is 30.5 Å². The van der Waals surface area contributed by atoms with Gasteiger partial charge in [0.05, 0.1) is 0 Å². The van der Waals surface area contributed by atoms with Crippen molar-refractivity contribution in [1.29, 1.82) is 0 Å². The maximum atomic E-state index is 13.6. The maximum absolute atomic E-state index is 13.6. The first-order valence-electron chi connectivity index (χ1n) is 6.97. The molecule has 2 aromatic rings. The second-order valence-corrected chi connectivity index (χ2v) is 6.37. The molecule has 0 spiro atoms. The molecule has 0 radical (unpaired) electrons. The number of hydrogen-bond donors (Lipinski definition) is 2. The molecule has 0 unspecified atom stereocenters. The molecule has 7 heteroatoms. The van der Waals surface area contributed by atoms with Crippen molar-refractivity contribution in [2.24, 2.45) is 0 Å². The molecule has 0 atom stereocenters. The highest BCUT2D eigenvalue weighted by Crippen LogP contribution is 2.33. The Morgan fingerprint density at radius 3 is 2.77 bits per heavy atom. The lowest BCUT2D eigenvalue weighted by molar-refractivity contribution is 0.0358. The van der Waals surface area contributed by atoms with Crippen molar-refractivity contribution in [1.82, 2.24) is 10.3 Å². The zero-order chi connectivity index (χ0) is 14.7. The van der Waals surface area contributed by atoms with Gasteiger partial charge in [0.15, 0.2) is 5.13 Å². The highest BCUT2D eigenvalue weighted by atomic mass is 35.5. The normalized spacial score (nSPS) is 17.0. The molecule has 0 bridgehead atoms. The van der Waals surface area contributed by atoms with Crippen LogP contribution in [0.4, 0.5) is 9.52 Å².